The molecule has 0 aliphatic carbocycles. The Morgan fingerprint density at radius 2 is 1.51 bits per heavy atom. The molecule has 3 aliphatic rings. The summed E-state index contributed by atoms with van der Waals surface area (Å²) in [4.78, 5) is 47.5. The summed E-state index contributed by atoms with van der Waals surface area (Å²) in [6, 6.07) is 1.35. The summed E-state index contributed by atoms with van der Waals surface area (Å²) in [7, 11) is 0. The van der Waals surface area contributed by atoms with Gasteiger partial charge in [-0.3, -0.25) is 19.7 Å². The number of rotatable bonds is 15. The van der Waals surface area contributed by atoms with E-state index in [-0.39, 0.29) is 11.4 Å². The van der Waals surface area contributed by atoms with Crippen molar-refractivity contribution in [3.63, 3.8) is 0 Å². The third-order valence-electron chi connectivity index (χ3n) is 9.15. The summed E-state index contributed by atoms with van der Waals surface area (Å²) in [5, 5.41) is 120. The molecule has 0 saturated carbocycles. The number of aliphatic carboxylic acids is 1. The van der Waals surface area contributed by atoms with Crippen LogP contribution in [0.5, 0.6) is 5.75 Å². The summed E-state index contributed by atoms with van der Waals surface area (Å²) < 4.78 is 34.4. The Morgan fingerprint density at radius 3 is 2.05 bits per heavy atom. The Balaban J connectivity index is 1.72. The van der Waals surface area contributed by atoms with E-state index in [1.54, 1.807) is 0 Å². The maximum Gasteiger partial charge on any atom is 0.364 e. The number of non-ortho nitro benzene ring substituents is 1. The van der Waals surface area contributed by atoms with Crippen molar-refractivity contribution in [1.82, 2.24) is 10.6 Å². The zero-order valence-electron chi connectivity index (χ0n) is 29.2. The number of amides is 2. The molecule has 0 spiro atoms. The Kier molecular flexibility index (Phi) is 14.8. The maximum atomic E-state index is 12.8. The van der Waals surface area contributed by atoms with Crippen LogP contribution in [-0.4, -0.2) is 191 Å². The molecule has 0 unspecified atom stereocenters. The number of aliphatic hydroxyl groups is 9. The molecule has 0 bridgehead atoms. The molecule has 3 saturated heterocycles. The molecule has 310 valence electrons. The number of carboxylic acids is 1. The van der Waals surface area contributed by atoms with E-state index in [9.17, 15) is 75.6 Å². The van der Waals surface area contributed by atoms with Crippen LogP contribution >= 0.6 is 0 Å². The lowest BCUT2D eigenvalue weighted by Gasteiger charge is -2.49. The minimum absolute atomic E-state index is 0.0878. The van der Waals surface area contributed by atoms with Gasteiger partial charge in [0.2, 0.25) is 18.1 Å². The maximum absolute atomic E-state index is 12.8. The van der Waals surface area contributed by atoms with Crippen molar-refractivity contribution in [2.45, 2.75) is 118 Å². The average Bonchev–Trinajstić information content (AvgIpc) is 3.13. The van der Waals surface area contributed by atoms with Gasteiger partial charge in [0, 0.05) is 32.4 Å². The van der Waals surface area contributed by atoms with Crippen LogP contribution in [-0.2, 0) is 38.1 Å². The Labute approximate surface area is 310 Å². The number of aliphatic hydroxyl groups excluding tert-OH is 9. The van der Waals surface area contributed by atoms with Crippen LogP contribution in [0, 0.1) is 10.1 Å². The first kappa shape index (κ1) is 44.0. The number of ether oxygens (including phenoxy) is 6. The molecule has 55 heavy (non-hydrogen) atoms. The predicted octanol–water partition coefficient (Wildman–Crippen LogP) is -6.08. The van der Waals surface area contributed by atoms with Crippen LogP contribution in [0.2, 0.25) is 0 Å². The zero-order valence-corrected chi connectivity index (χ0v) is 29.2. The van der Waals surface area contributed by atoms with Crippen molar-refractivity contribution in [2.75, 3.05) is 19.8 Å². The molecule has 4 rings (SSSR count). The van der Waals surface area contributed by atoms with Gasteiger partial charge in [-0.1, -0.05) is 0 Å². The molecule has 0 radical (unpaired) electrons. The van der Waals surface area contributed by atoms with Crippen molar-refractivity contribution in [1.29, 1.82) is 0 Å². The highest BCUT2D eigenvalue weighted by molar-refractivity contribution is 5.76. The Hall–Kier alpha value is -3.73. The van der Waals surface area contributed by atoms with Crippen molar-refractivity contribution < 1.29 is 98.8 Å². The topological polar surface area (TPSA) is 376 Å². The number of nitro groups is 1. The Bertz CT molecular complexity index is 1490. The summed E-state index contributed by atoms with van der Waals surface area (Å²) in [6.45, 7) is -0.839. The predicted molar refractivity (Wildman–Crippen MR) is 173 cm³/mol. The number of carbonyl (C=O) groups is 3. The van der Waals surface area contributed by atoms with Gasteiger partial charge in [0.15, 0.2) is 6.29 Å². The number of carbonyl (C=O) groups excluding carboxylic acids is 2. The Morgan fingerprint density at radius 1 is 0.909 bits per heavy atom. The van der Waals surface area contributed by atoms with E-state index < -0.39 is 147 Å². The highest BCUT2D eigenvalue weighted by Crippen LogP contribution is 2.36. The highest BCUT2D eigenvalue weighted by Gasteiger charge is 2.58. The average molecular weight is 796 g/mol. The molecule has 3 fully saturated rings. The second kappa shape index (κ2) is 18.5. The van der Waals surface area contributed by atoms with Crippen molar-refractivity contribution >= 4 is 23.5 Å². The molecule has 24 heteroatoms. The van der Waals surface area contributed by atoms with Gasteiger partial charge < -0.3 is 90.1 Å². The second-order valence-electron chi connectivity index (χ2n) is 13.1. The number of carboxylic acid groups (broad SMARTS) is 1. The minimum Gasteiger partial charge on any atom is -0.477 e. The van der Waals surface area contributed by atoms with Crippen LogP contribution < -0.4 is 15.4 Å². The molecule has 1 aromatic carbocycles. The number of benzene rings is 1. The quantitative estimate of drug-likeness (QED) is 0.0580. The van der Waals surface area contributed by atoms with E-state index in [4.69, 9.17) is 28.4 Å². The number of nitrogens with zero attached hydrogens (tertiary/aromatic N) is 1. The van der Waals surface area contributed by atoms with E-state index in [1.165, 1.54) is 0 Å². The van der Waals surface area contributed by atoms with Gasteiger partial charge in [0.1, 0.15) is 72.8 Å². The highest BCUT2D eigenvalue weighted by atomic mass is 16.8. The van der Waals surface area contributed by atoms with Gasteiger partial charge in [-0.25, -0.2) is 4.79 Å². The van der Waals surface area contributed by atoms with E-state index in [1.807, 2.05) is 0 Å². The molecule has 2 amide bonds. The number of nitro benzene ring substituents is 1. The second-order valence-corrected chi connectivity index (χ2v) is 13.1. The first-order valence-electron chi connectivity index (χ1n) is 16.8. The number of hydrogen-bond donors (Lipinski definition) is 12. The van der Waals surface area contributed by atoms with E-state index in [0.717, 1.165) is 38.1 Å². The SMILES string of the molecule is CC(=O)N[C@@H]1[C@H](Oc2ccc([N+](=O)[O-])cc2)O[C@@H](CO[C@]2(C(=O)O)C[C@@H](O)[C@@H](NC(C)=O)[C@H]([C@H](O)[C@H](O)CO)O2)[C@@H](O[C@@H]2O[C@@H](CO)[C@H](O)[C@H](O)[C@@H]2O)[C@@H]1O. The summed E-state index contributed by atoms with van der Waals surface area (Å²) >= 11 is 0. The first-order chi connectivity index (χ1) is 25.8. The molecular weight excluding hydrogens is 750 g/mol. The van der Waals surface area contributed by atoms with Crippen LogP contribution in [0.3, 0.4) is 0 Å². The molecule has 24 nitrogen and oxygen atoms in total. The molecule has 16 atom stereocenters. The van der Waals surface area contributed by atoms with Gasteiger partial charge in [-0.05, 0) is 12.1 Å². The molecule has 3 heterocycles. The third kappa shape index (κ3) is 9.99. The number of nitrogens with one attached hydrogen (secondary N) is 2. The van der Waals surface area contributed by atoms with E-state index >= 15 is 0 Å². The standard InChI is InChI=1S/C31H45N3O21/c1-11(37)32-19-15(39)7-31(30(46)47,55-27(19)21(41)16(40)8-35)50-10-18-26(54-29-25(45)24(44)22(42)17(9-36)52-29)23(43)20(33-12(2)38)28(53-18)51-14-5-3-13(4-6-14)34(48)49/h3-6,15-29,35-36,39-45H,7-10H2,1-2H3,(H,32,37)(H,33,38)(H,46,47)/t15-,16-,17+,18+,19-,20+,21-,22+,23-,24+,25+,26-,27-,28-,29+,31-/m1/s1. The monoisotopic (exact) mass is 795 g/mol. The van der Waals surface area contributed by atoms with Gasteiger partial charge in [0.05, 0.1) is 36.9 Å². The van der Waals surface area contributed by atoms with E-state index in [0.29, 0.717) is 0 Å². The molecular formula is C31H45N3O21. The lowest BCUT2D eigenvalue weighted by Crippen LogP contribution is -2.70. The fourth-order valence-electron chi connectivity index (χ4n) is 6.32. The largest absolute Gasteiger partial charge is 0.477 e. The molecule has 3 aliphatic heterocycles. The molecule has 12 N–H and O–H groups in total. The third-order valence-corrected chi connectivity index (χ3v) is 9.15. The van der Waals surface area contributed by atoms with Crippen molar-refractivity contribution in [2.24, 2.45) is 0 Å². The van der Waals surface area contributed by atoms with Gasteiger partial charge in [0.25, 0.3) is 11.5 Å². The van der Waals surface area contributed by atoms with Crippen LogP contribution in [0.4, 0.5) is 5.69 Å². The van der Waals surface area contributed by atoms with Crippen LogP contribution in [0.1, 0.15) is 20.3 Å². The molecule has 1 aromatic rings. The first-order valence-corrected chi connectivity index (χ1v) is 16.8. The lowest BCUT2D eigenvalue weighted by molar-refractivity contribution is -0.384. The fourth-order valence-corrected chi connectivity index (χ4v) is 6.32. The summed E-state index contributed by atoms with van der Waals surface area (Å²) in [6.07, 6.45) is -25.4. The molecule has 0 aromatic heterocycles. The van der Waals surface area contributed by atoms with Crippen molar-refractivity contribution in [3.8, 4) is 5.75 Å². The summed E-state index contributed by atoms with van der Waals surface area (Å²) in [5.41, 5.74) is -0.320. The van der Waals surface area contributed by atoms with Crippen LogP contribution in [0.15, 0.2) is 24.3 Å². The lowest BCUT2D eigenvalue weighted by atomic mass is 9.88. The van der Waals surface area contributed by atoms with Gasteiger partial charge in [-0.2, -0.15) is 0 Å². The fraction of sp³-hybridized carbons (Fsp3) is 0.710. The summed E-state index contributed by atoms with van der Waals surface area (Å²) in [5.74, 6) is -6.43. The smallest absolute Gasteiger partial charge is 0.364 e. The van der Waals surface area contributed by atoms with E-state index in [2.05, 4.69) is 10.6 Å². The van der Waals surface area contributed by atoms with Gasteiger partial charge >= 0.3 is 5.97 Å². The normalized spacial score (nSPS) is 37.6. The number of hydrogen-bond acceptors (Lipinski definition) is 20. The van der Waals surface area contributed by atoms with Crippen molar-refractivity contribution in [3.05, 3.63) is 34.4 Å². The van der Waals surface area contributed by atoms with Crippen LogP contribution in [0.25, 0.3) is 0 Å². The van der Waals surface area contributed by atoms with Gasteiger partial charge in [-0.15, -0.1) is 0 Å². The minimum atomic E-state index is -2.93. The zero-order chi connectivity index (χ0) is 40.9.